The van der Waals surface area contributed by atoms with Crippen LogP contribution in [0.1, 0.15) is 31.4 Å². The van der Waals surface area contributed by atoms with E-state index in [-0.39, 0.29) is 11.2 Å². The summed E-state index contributed by atoms with van der Waals surface area (Å²) in [5.74, 6) is -0.146. The van der Waals surface area contributed by atoms with Crippen molar-refractivity contribution < 1.29 is 5.11 Å². The van der Waals surface area contributed by atoms with Crippen molar-refractivity contribution in [2.75, 3.05) is 33.7 Å². The molecule has 1 aliphatic heterocycles. The zero-order chi connectivity index (χ0) is 15.2. The van der Waals surface area contributed by atoms with Crippen molar-refractivity contribution in [1.82, 2.24) is 14.4 Å². The van der Waals surface area contributed by atoms with Crippen molar-refractivity contribution in [3.63, 3.8) is 0 Å². The molecule has 0 aliphatic carbocycles. The molecule has 1 N–H and O–H groups in total. The summed E-state index contributed by atoms with van der Waals surface area (Å²) in [4.78, 5) is 16.2. The van der Waals surface area contributed by atoms with Crippen LogP contribution < -0.4 is 5.43 Å². The van der Waals surface area contributed by atoms with Crippen LogP contribution in [0.4, 0.5) is 0 Å². The Morgan fingerprint density at radius 3 is 2.62 bits per heavy atom. The molecule has 1 aromatic rings. The Morgan fingerprint density at radius 2 is 1.95 bits per heavy atom. The van der Waals surface area contributed by atoms with Gasteiger partial charge in [0.05, 0.1) is 6.20 Å². The van der Waals surface area contributed by atoms with E-state index < -0.39 is 0 Å². The van der Waals surface area contributed by atoms with Crippen LogP contribution in [0.2, 0.25) is 0 Å². The van der Waals surface area contributed by atoms with Crippen LogP contribution in [0.25, 0.3) is 0 Å². The molecule has 21 heavy (non-hydrogen) atoms. The van der Waals surface area contributed by atoms with E-state index >= 15 is 0 Å². The molecule has 2 rings (SSSR count). The van der Waals surface area contributed by atoms with E-state index in [1.165, 1.54) is 12.8 Å². The number of likely N-dealkylation sites (tertiary alicyclic amines) is 1. The smallest absolute Gasteiger partial charge is 0.223 e. The fourth-order valence-electron chi connectivity index (χ4n) is 2.83. The molecule has 0 aromatic carbocycles. The third-order valence-corrected chi connectivity index (χ3v) is 4.04. The fraction of sp³-hybridized carbons (Fsp3) is 0.688. The van der Waals surface area contributed by atoms with E-state index in [0.29, 0.717) is 0 Å². The Bertz CT molecular complexity index is 505. The van der Waals surface area contributed by atoms with Crippen LogP contribution in [0.3, 0.4) is 0 Å². The molecule has 0 spiro atoms. The maximum absolute atomic E-state index is 11.7. The average molecular weight is 293 g/mol. The molecule has 1 aliphatic rings. The number of rotatable bonds is 7. The van der Waals surface area contributed by atoms with Crippen LogP contribution in [0, 0.1) is 0 Å². The number of aromatic nitrogens is 1. The molecule has 0 bridgehead atoms. The Kier molecular flexibility index (Phi) is 5.82. The number of hydrogen-bond donors (Lipinski definition) is 1. The second kappa shape index (κ2) is 7.61. The molecular weight excluding hydrogens is 266 g/mol. The minimum absolute atomic E-state index is 0.146. The highest BCUT2D eigenvalue weighted by atomic mass is 16.3. The lowest BCUT2D eigenvalue weighted by molar-refractivity contribution is 0.316. The Labute approximate surface area is 126 Å². The van der Waals surface area contributed by atoms with Gasteiger partial charge in [0.2, 0.25) is 5.43 Å². The topological polar surface area (TPSA) is 48.7 Å². The maximum atomic E-state index is 11.7. The summed E-state index contributed by atoms with van der Waals surface area (Å²) in [6.07, 6.45) is 6.25. The first kappa shape index (κ1) is 16.0. The van der Waals surface area contributed by atoms with Crippen LogP contribution in [0.15, 0.2) is 17.1 Å². The number of nitrogens with zero attached hydrogens (tertiary/aromatic N) is 3. The first-order valence-electron chi connectivity index (χ1n) is 7.85. The van der Waals surface area contributed by atoms with Crippen molar-refractivity contribution in [3.05, 3.63) is 28.2 Å². The number of pyridine rings is 1. The van der Waals surface area contributed by atoms with E-state index in [0.717, 1.165) is 51.3 Å². The van der Waals surface area contributed by atoms with Crippen LogP contribution in [-0.4, -0.2) is 53.2 Å². The summed E-state index contributed by atoms with van der Waals surface area (Å²) in [6, 6.07) is 1.60. The fourth-order valence-corrected chi connectivity index (χ4v) is 2.83. The van der Waals surface area contributed by atoms with Gasteiger partial charge < -0.3 is 14.6 Å². The lowest BCUT2D eigenvalue weighted by Crippen LogP contribution is -2.23. The molecule has 0 saturated carbocycles. The zero-order valence-corrected chi connectivity index (χ0v) is 13.2. The summed E-state index contributed by atoms with van der Waals surface area (Å²) < 4.78 is 2.05. The quantitative estimate of drug-likeness (QED) is 0.774. The predicted octanol–water partition coefficient (Wildman–Crippen LogP) is 1.49. The molecule has 0 unspecified atom stereocenters. The molecule has 5 heteroatoms. The molecule has 118 valence electrons. The van der Waals surface area contributed by atoms with E-state index in [4.69, 9.17) is 0 Å². The molecule has 0 amide bonds. The summed E-state index contributed by atoms with van der Waals surface area (Å²) >= 11 is 0. The average Bonchev–Trinajstić information content (AvgIpc) is 2.92. The van der Waals surface area contributed by atoms with Crippen LogP contribution in [-0.2, 0) is 13.1 Å². The van der Waals surface area contributed by atoms with Gasteiger partial charge >= 0.3 is 0 Å². The van der Waals surface area contributed by atoms with Crippen molar-refractivity contribution in [3.8, 4) is 5.75 Å². The molecule has 0 radical (unpaired) electrons. The number of hydrogen-bond acceptors (Lipinski definition) is 4. The van der Waals surface area contributed by atoms with Gasteiger partial charge in [-0.2, -0.15) is 0 Å². The number of aryl methyl sites for hydroxylation is 1. The highest BCUT2D eigenvalue weighted by Crippen LogP contribution is 2.14. The Balaban J connectivity index is 2.02. The second-order valence-electron chi connectivity index (χ2n) is 6.20. The lowest BCUT2D eigenvalue weighted by Gasteiger charge is -2.19. The summed E-state index contributed by atoms with van der Waals surface area (Å²) in [6.45, 7) is 4.94. The highest BCUT2D eigenvalue weighted by Gasteiger charge is 2.14. The number of unbranched alkanes of at least 4 members (excludes halogenated alkanes) is 1. The minimum atomic E-state index is -0.270. The zero-order valence-electron chi connectivity index (χ0n) is 13.2. The van der Waals surface area contributed by atoms with Crippen molar-refractivity contribution in [2.45, 2.75) is 38.8 Å². The van der Waals surface area contributed by atoms with Gasteiger partial charge in [0.15, 0.2) is 5.75 Å². The Morgan fingerprint density at radius 1 is 1.24 bits per heavy atom. The van der Waals surface area contributed by atoms with E-state index in [2.05, 4.69) is 23.9 Å². The third-order valence-electron chi connectivity index (χ3n) is 4.04. The van der Waals surface area contributed by atoms with Gasteiger partial charge in [0.1, 0.15) is 0 Å². The molecular formula is C16H27N3O2. The van der Waals surface area contributed by atoms with Gasteiger partial charge in [-0.15, -0.1) is 0 Å². The summed E-state index contributed by atoms with van der Waals surface area (Å²) in [7, 11) is 4.15. The van der Waals surface area contributed by atoms with Gasteiger partial charge in [0, 0.05) is 24.8 Å². The monoisotopic (exact) mass is 293 g/mol. The van der Waals surface area contributed by atoms with Crippen LogP contribution in [0.5, 0.6) is 5.75 Å². The number of aromatic hydroxyl groups is 1. The summed E-state index contributed by atoms with van der Waals surface area (Å²) in [5, 5.41) is 9.67. The maximum Gasteiger partial charge on any atom is 0.223 e. The molecule has 1 fully saturated rings. The van der Waals surface area contributed by atoms with Gasteiger partial charge in [0.25, 0.3) is 0 Å². The summed E-state index contributed by atoms with van der Waals surface area (Å²) in [5.41, 5.74) is 0.748. The van der Waals surface area contributed by atoms with E-state index in [9.17, 15) is 9.90 Å². The second-order valence-corrected chi connectivity index (χ2v) is 6.20. The largest absolute Gasteiger partial charge is 0.503 e. The molecule has 1 aromatic heterocycles. The van der Waals surface area contributed by atoms with Gasteiger partial charge in [-0.3, -0.25) is 9.69 Å². The lowest BCUT2D eigenvalue weighted by atomic mass is 10.2. The molecule has 0 atom stereocenters. The van der Waals surface area contributed by atoms with E-state index in [1.807, 2.05) is 4.57 Å². The Hall–Kier alpha value is -1.33. The SMILES string of the molecule is CN(C)CCCCn1cc(O)c(=O)cc1CN1CCCC1. The highest BCUT2D eigenvalue weighted by molar-refractivity contribution is 5.20. The first-order chi connectivity index (χ1) is 10.1. The van der Waals surface area contributed by atoms with Gasteiger partial charge in [-0.25, -0.2) is 0 Å². The molecule has 1 saturated heterocycles. The minimum Gasteiger partial charge on any atom is -0.503 e. The van der Waals surface area contributed by atoms with Gasteiger partial charge in [-0.1, -0.05) is 0 Å². The normalized spacial score (nSPS) is 16.0. The van der Waals surface area contributed by atoms with E-state index in [1.54, 1.807) is 12.3 Å². The van der Waals surface area contributed by atoms with Crippen molar-refractivity contribution in [1.29, 1.82) is 0 Å². The molecule has 5 nitrogen and oxygen atoms in total. The predicted molar refractivity (Wildman–Crippen MR) is 84.7 cm³/mol. The standard InChI is InChI=1S/C16H27N3O2/c1-17(2)7-3-6-10-19-13-16(21)15(20)11-14(19)12-18-8-4-5-9-18/h11,13,21H,3-10,12H2,1-2H3. The van der Waals surface area contributed by atoms with Crippen molar-refractivity contribution >= 4 is 0 Å². The van der Waals surface area contributed by atoms with Crippen LogP contribution >= 0.6 is 0 Å². The third kappa shape index (κ3) is 4.86. The molecule has 2 heterocycles. The van der Waals surface area contributed by atoms with Crippen molar-refractivity contribution in [2.24, 2.45) is 0 Å². The van der Waals surface area contributed by atoms with Gasteiger partial charge in [-0.05, 0) is 59.4 Å². The first-order valence-corrected chi connectivity index (χ1v) is 7.85.